The van der Waals surface area contributed by atoms with Gasteiger partial charge in [-0.1, -0.05) is 19.1 Å². The molecule has 9 heteroatoms. The summed E-state index contributed by atoms with van der Waals surface area (Å²) in [5.41, 5.74) is 0.149. The van der Waals surface area contributed by atoms with Crippen LogP contribution in [0, 0.1) is 17.7 Å². The molecule has 2 atom stereocenters. The van der Waals surface area contributed by atoms with Gasteiger partial charge in [-0.15, -0.1) is 10.2 Å². The van der Waals surface area contributed by atoms with Gasteiger partial charge in [0.1, 0.15) is 11.5 Å². The smallest absolute Gasteiger partial charge is 0.247 e. The standard InChI is InChI=1S/C18H25FN6O2/c1-14-11-23(9-10-24-21-13-20-22-24)8-7-16(14)12-27-25(15(2)26)18-6-4-3-5-17(18)19/h3-6,13-14,16H,7-12H2,1-2H3/t14-,16+/m0/s1. The van der Waals surface area contributed by atoms with E-state index in [0.29, 0.717) is 25.0 Å². The first kappa shape index (κ1) is 19.4. The summed E-state index contributed by atoms with van der Waals surface area (Å²) in [7, 11) is 0. The summed E-state index contributed by atoms with van der Waals surface area (Å²) in [6.45, 7) is 7.37. The highest BCUT2D eigenvalue weighted by Crippen LogP contribution is 2.26. The van der Waals surface area contributed by atoms with Crippen LogP contribution in [0.2, 0.25) is 0 Å². The minimum Gasteiger partial charge on any atom is -0.301 e. The Hall–Kier alpha value is -2.39. The average Bonchev–Trinajstić information content (AvgIpc) is 3.16. The van der Waals surface area contributed by atoms with Crippen LogP contribution in [-0.2, 0) is 16.2 Å². The van der Waals surface area contributed by atoms with Crippen molar-refractivity contribution in [1.82, 2.24) is 25.1 Å². The fourth-order valence-electron chi connectivity index (χ4n) is 3.37. The number of hydrogen-bond donors (Lipinski definition) is 0. The third kappa shape index (κ3) is 5.08. The molecule has 2 heterocycles. The van der Waals surface area contributed by atoms with Crippen LogP contribution in [0.1, 0.15) is 20.3 Å². The first-order chi connectivity index (χ1) is 13.0. The first-order valence-corrected chi connectivity index (χ1v) is 9.16. The number of benzene rings is 1. The lowest BCUT2D eigenvalue weighted by atomic mass is 9.87. The van der Waals surface area contributed by atoms with Gasteiger partial charge in [0, 0.05) is 20.0 Å². The molecule has 0 spiro atoms. The van der Waals surface area contributed by atoms with Gasteiger partial charge in [0.2, 0.25) is 5.91 Å². The van der Waals surface area contributed by atoms with E-state index >= 15 is 0 Å². The third-order valence-corrected chi connectivity index (χ3v) is 4.95. The van der Waals surface area contributed by atoms with Gasteiger partial charge in [0.05, 0.1) is 13.2 Å². The highest BCUT2D eigenvalue weighted by Gasteiger charge is 2.28. The lowest BCUT2D eigenvalue weighted by Gasteiger charge is -2.37. The number of rotatable bonds is 7. The Morgan fingerprint density at radius 2 is 2.19 bits per heavy atom. The van der Waals surface area contributed by atoms with Gasteiger partial charge in [0.15, 0.2) is 6.33 Å². The number of amides is 1. The van der Waals surface area contributed by atoms with E-state index in [4.69, 9.17) is 4.84 Å². The molecule has 1 aliphatic rings. The van der Waals surface area contributed by atoms with Gasteiger partial charge in [0.25, 0.3) is 0 Å². The minimum atomic E-state index is -0.475. The largest absolute Gasteiger partial charge is 0.301 e. The zero-order valence-corrected chi connectivity index (χ0v) is 15.7. The van der Waals surface area contributed by atoms with Crippen molar-refractivity contribution in [3.05, 3.63) is 36.4 Å². The van der Waals surface area contributed by atoms with E-state index < -0.39 is 5.82 Å². The summed E-state index contributed by atoms with van der Waals surface area (Å²) in [5, 5.41) is 12.7. The molecule has 0 unspecified atom stereocenters. The summed E-state index contributed by atoms with van der Waals surface area (Å²) in [6.07, 6.45) is 2.39. The fraction of sp³-hybridized carbons (Fsp3) is 0.556. The van der Waals surface area contributed by atoms with Gasteiger partial charge < -0.3 is 4.90 Å². The molecule has 0 radical (unpaired) electrons. The highest BCUT2D eigenvalue weighted by molar-refractivity contribution is 5.89. The van der Waals surface area contributed by atoms with E-state index in [1.54, 1.807) is 23.0 Å². The van der Waals surface area contributed by atoms with Gasteiger partial charge in [-0.25, -0.2) is 4.39 Å². The molecule has 1 aliphatic heterocycles. The number of anilines is 1. The molecule has 1 amide bonds. The number of piperidine rings is 1. The van der Waals surface area contributed by atoms with Crippen LogP contribution in [0.5, 0.6) is 0 Å². The fourth-order valence-corrected chi connectivity index (χ4v) is 3.37. The van der Waals surface area contributed by atoms with Crippen molar-refractivity contribution < 1.29 is 14.0 Å². The predicted molar refractivity (Wildman–Crippen MR) is 97.0 cm³/mol. The van der Waals surface area contributed by atoms with Crippen LogP contribution in [0.3, 0.4) is 0 Å². The minimum absolute atomic E-state index is 0.149. The molecule has 0 N–H and O–H groups in total. The van der Waals surface area contributed by atoms with Gasteiger partial charge in [-0.3, -0.25) is 9.63 Å². The van der Waals surface area contributed by atoms with Crippen LogP contribution in [-0.4, -0.2) is 57.3 Å². The Balaban J connectivity index is 1.50. The molecule has 0 aliphatic carbocycles. The number of para-hydroxylation sites is 1. The van der Waals surface area contributed by atoms with Crippen molar-refractivity contribution >= 4 is 11.6 Å². The van der Waals surface area contributed by atoms with Crippen LogP contribution >= 0.6 is 0 Å². The summed E-state index contributed by atoms with van der Waals surface area (Å²) >= 11 is 0. The molecule has 1 aromatic carbocycles. The zero-order valence-electron chi connectivity index (χ0n) is 15.7. The van der Waals surface area contributed by atoms with Crippen molar-refractivity contribution in [3.63, 3.8) is 0 Å². The zero-order chi connectivity index (χ0) is 19.2. The normalized spacial score (nSPS) is 20.6. The van der Waals surface area contributed by atoms with E-state index in [0.717, 1.165) is 31.1 Å². The van der Waals surface area contributed by atoms with E-state index in [2.05, 4.69) is 27.2 Å². The quantitative estimate of drug-likeness (QED) is 0.686. The van der Waals surface area contributed by atoms with E-state index in [9.17, 15) is 9.18 Å². The monoisotopic (exact) mass is 376 g/mol. The van der Waals surface area contributed by atoms with Gasteiger partial charge in [-0.2, -0.15) is 9.86 Å². The molecule has 27 heavy (non-hydrogen) atoms. The number of halogens is 1. The number of hydrogen-bond acceptors (Lipinski definition) is 6. The van der Waals surface area contributed by atoms with Gasteiger partial charge >= 0.3 is 0 Å². The van der Waals surface area contributed by atoms with Crippen LogP contribution in [0.4, 0.5) is 10.1 Å². The second kappa shape index (κ2) is 9.01. The SMILES string of the molecule is CC(=O)N(OC[C@H]1CCN(CCn2ncnn2)C[C@@H]1C)c1ccccc1F. The third-order valence-electron chi connectivity index (χ3n) is 4.95. The van der Waals surface area contributed by atoms with E-state index in [1.807, 2.05) is 0 Å². The molecule has 3 rings (SSSR count). The number of likely N-dealkylation sites (tertiary alicyclic amines) is 1. The maximum atomic E-state index is 14.0. The maximum Gasteiger partial charge on any atom is 0.247 e. The van der Waals surface area contributed by atoms with Gasteiger partial charge in [-0.05, 0) is 42.1 Å². The molecular weight excluding hydrogens is 351 g/mol. The molecular formula is C18H25FN6O2. The highest BCUT2D eigenvalue weighted by atomic mass is 19.1. The Bertz CT molecular complexity index is 741. The van der Waals surface area contributed by atoms with Crippen molar-refractivity contribution in [1.29, 1.82) is 0 Å². The number of carbonyl (C=O) groups is 1. The molecule has 2 aromatic rings. The summed E-state index contributed by atoms with van der Waals surface area (Å²) in [6, 6.07) is 6.13. The summed E-state index contributed by atoms with van der Waals surface area (Å²) in [4.78, 5) is 21.6. The molecule has 1 saturated heterocycles. The number of carbonyl (C=O) groups excluding carboxylic acids is 1. The van der Waals surface area contributed by atoms with Crippen molar-refractivity contribution in [2.75, 3.05) is 31.3 Å². The lowest BCUT2D eigenvalue weighted by molar-refractivity contribution is -0.125. The predicted octanol–water partition coefficient (Wildman–Crippen LogP) is 1.75. The van der Waals surface area contributed by atoms with E-state index in [-0.39, 0.29) is 11.6 Å². The number of aromatic nitrogens is 4. The number of nitrogens with zero attached hydrogens (tertiary/aromatic N) is 6. The second-order valence-electron chi connectivity index (χ2n) is 6.92. The Morgan fingerprint density at radius 3 is 2.85 bits per heavy atom. The van der Waals surface area contributed by atoms with E-state index in [1.165, 1.54) is 19.3 Å². The maximum absolute atomic E-state index is 14.0. The number of hydroxylamine groups is 1. The molecule has 0 bridgehead atoms. The van der Waals surface area contributed by atoms with Crippen LogP contribution < -0.4 is 5.06 Å². The van der Waals surface area contributed by atoms with Crippen molar-refractivity contribution in [3.8, 4) is 0 Å². The first-order valence-electron chi connectivity index (χ1n) is 9.16. The lowest BCUT2D eigenvalue weighted by Crippen LogP contribution is -2.43. The second-order valence-corrected chi connectivity index (χ2v) is 6.92. The summed E-state index contributed by atoms with van der Waals surface area (Å²) < 4.78 is 14.0. The molecule has 0 saturated carbocycles. The average molecular weight is 376 g/mol. The number of tetrazole rings is 1. The Morgan fingerprint density at radius 1 is 1.37 bits per heavy atom. The molecule has 1 fully saturated rings. The Labute approximate surface area is 157 Å². The molecule has 146 valence electrons. The van der Waals surface area contributed by atoms with Crippen LogP contribution in [0.15, 0.2) is 30.6 Å². The topological polar surface area (TPSA) is 76.4 Å². The molecule has 1 aromatic heterocycles. The molecule has 8 nitrogen and oxygen atoms in total. The van der Waals surface area contributed by atoms with Crippen molar-refractivity contribution in [2.45, 2.75) is 26.8 Å². The Kier molecular flexibility index (Phi) is 6.46. The summed E-state index contributed by atoms with van der Waals surface area (Å²) in [5.74, 6) is -0.112. The van der Waals surface area contributed by atoms with Crippen LogP contribution in [0.25, 0.3) is 0 Å². The van der Waals surface area contributed by atoms with Crippen molar-refractivity contribution in [2.24, 2.45) is 11.8 Å².